The van der Waals surface area contributed by atoms with Gasteiger partial charge in [0.05, 0.1) is 18.8 Å². The molecule has 4 unspecified atom stereocenters. The highest BCUT2D eigenvalue weighted by Crippen LogP contribution is 2.04. The molecule has 0 saturated carbocycles. The number of carbonyl (C=O) groups is 6. The molecular formula is C18H28N8O7S. The van der Waals surface area contributed by atoms with Gasteiger partial charge in [-0.25, -0.2) is 9.78 Å². The summed E-state index contributed by atoms with van der Waals surface area (Å²) in [6.07, 6.45) is 1.65. The van der Waals surface area contributed by atoms with Crippen molar-refractivity contribution in [2.24, 2.45) is 17.2 Å². The fraction of sp³-hybridized carbons (Fsp3) is 0.500. The summed E-state index contributed by atoms with van der Waals surface area (Å²) in [5.74, 6) is -5.66. The molecule has 0 aliphatic heterocycles. The first kappa shape index (κ1) is 28.4. The number of hydrogen-bond acceptors (Lipinski definition) is 9. The summed E-state index contributed by atoms with van der Waals surface area (Å²) in [6, 6.07) is -5.26. The molecule has 1 heterocycles. The Morgan fingerprint density at radius 3 is 2.06 bits per heavy atom. The van der Waals surface area contributed by atoms with E-state index >= 15 is 0 Å². The Morgan fingerprint density at radius 2 is 1.56 bits per heavy atom. The molecule has 0 radical (unpaired) electrons. The third-order valence-corrected chi connectivity index (χ3v) is 4.84. The molecule has 1 rings (SSSR count). The molecule has 0 aliphatic rings. The van der Waals surface area contributed by atoms with Gasteiger partial charge in [-0.2, -0.15) is 12.6 Å². The topological polar surface area (TPSA) is 265 Å². The van der Waals surface area contributed by atoms with Crippen LogP contribution in [-0.4, -0.2) is 80.5 Å². The molecule has 4 atom stereocenters. The Hall–Kier alpha value is -3.66. The summed E-state index contributed by atoms with van der Waals surface area (Å²) < 4.78 is 0. The van der Waals surface area contributed by atoms with Gasteiger partial charge in [-0.05, 0) is 6.42 Å². The van der Waals surface area contributed by atoms with Gasteiger partial charge in [0.1, 0.15) is 18.1 Å². The molecule has 0 saturated heterocycles. The first-order chi connectivity index (χ1) is 15.9. The molecule has 34 heavy (non-hydrogen) atoms. The van der Waals surface area contributed by atoms with Crippen molar-refractivity contribution in [2.75, 3.05) is 5.75 Å². The van der Waals surface area contributed by atoms with Gasteiger partial charge in [-0.1, -0.05) is 0 Å². The third kappa shape index (κ3) is 9.86. The maximum absolute atomic E-state index is 12.8. The van der Waals surface area contributed by atoms with E-state index in [1.54, 1.807) is 0 Å². The normalized spacial score (nSPS) is 14.2. The first-order valence-corrected chi connectivity index (χ1v) is 10.6. The second kappa shape index (κ2) is 13.8. The van der Waals surface area contributed by atoms with E-state index in [0.29, 0.717) is 5.69 Å². The lowest BCUT2D eigenvalue weighted by Gasteiger charge is -2.24. The molecule has 5 amide bonds. The minimum Gasteiger partial charge on any atom is -0.480 e. The van der Waals surface area contributed by atoms with E-state index in [1.807, 2.05) is 0 Å². The summed E-state index contributed by atoms with van der Waals surface area (Å²) in [7, 11) is 0. The number of primary amides is 2. The van der Waals surface area contributed by atoms with Crippen molar-refractivity contribution in [2.45, 2.75) is 49.9 Å². The average Bonchev–Trinajstić information content (AvgIpc) is 3.26. The molecule has 0 bridgehead atoms. The zero-order valence-electron chi connectivity index (χ0n) is 18.0. The lowest BCUT2D eigenvalue weighted by Crippen LogP contribution is -2.58. The Kier molecular flexibility index (Phi) is 11.5. The number of carbonyl (C=O) groups excluding carboxylic acids is 5. The summed E-state index contributed by atoms with van der Waals surface area (Å²) in [5.41, 5.74) is 16.0. The highest BCUT2D eigenvalue weighted by molar-refractivity contribution is 7.80. The summed E-state index contributed by atoms with van der Waals surface area (Å²) in [4.78, 5) is 77.6. The van der Waals surface area contributed by atoms with Gasteiger partial charge in [0, 0.05) is 30.5 Å². The van der Waals surface area contributed by atoms with Crippen LogP contribution in [0.5, 0.6) is 0 Å². The van der Waals surface area contributed by atoms with Crippen LogP contribution in [0, 0.1) is 0 Å². The molecule has 1 aromatic rings. The smallest absolute Gasteiger partial charge is 0.326 e. The second-order valence-corrected chi connectivity index (χ2v) is 7.63. The fourth-order valence-corrected chi connectivity index (χ4v) is 2.95. The number of nitrogens with zero attached hydrogens (tertiary/aromatic N) is 1. The standard InChI is InChI=1S/C18H28N8O7S/c19-9(4-14(21)28)15(29)26-12(6-34)17(31)25-11(3-8-5-22-7-23-8)16(30)24-10(18(32)33)1-2-13(20)27/h5,7,9-12,34H,1-4,6,19H2,(H2,20,27)(H2,21,28)(H,22,23)(H,24,30)(H,25,31)(H,26,29)(H,32,33). The summed E-state index contributed by atoms with van der Waals surface area (Å²) in [5, 5.41) is 16.3. The van der Waals surface area contributed by atoms with Crippen molar-refractivity contribution in [3.8, 4) is 0 Å². The Morgan fingerprint density at radius 1 is 0.971 bits per heavy atom. The van der Waals surface area contributed by atoms with Crippen LogP contribution in [0.2, 0.25) is 0 Å². The first-order valence-electron chi connectivity index (χ1n) is 9.98. The molecule has 0 aliphatic carbocycles. The van der Waals surface area contributed by atoms with E-state index in [1.165, 1.54) is 12.5 Å². The number of aliphatic carboxylic acids is 1. The van der Waals surface area contributed by atoms with E-state index in [2.05, 4.69) is 38.5 Å². The van der Waals surface area contributed by atoms with Crippen LogP contribution >= 0.6 is 12.6 Å². The van der Waals surface area contributed by atoms with Gasteiger partial charge in [-0.15, -0.1) is 0 Å². The van der Waals surface area contributed by atoms with Gasteiger partial charge in [0.2, 0.25) is 29.5 Å². The number of aromatic amines is 1. The second-order valence-electron chi connectivity index (χ2n) is 7.27. The van der Waals surface area contributed by atoms with Crippen LogP contribution < -0.4 is 33.2 Å². The van der Waals surface area contributed by atoms with Gasteiger partial charge in [0.25, 0.3) is 0 Å². The number of aromatic nitrogens is 2. The number of thiol groups is 1. The minimum atomic E-state index is -1.44. The maximum Gasteiger partial charge on any atom is 0.326 e. The summed E-state index contributed by atoms with van der Waals surface area (Å²) >= 11 is 4.01. The van der Waals surface area contributed by atoms with Crippen LogP contribution in [0.15, 0.2) is 12.5 Å². The number of carboxylic acids is 1. The van der Waals surface area contributed by atoms with Gasteiger partial charge in [0.15, 0.2) is 0 Å². The molecule has 15 nitrogen and oxygen atoms in total. The highest BCUT2D eigenvalue weighted by atomic mass is 32.1. The zero-order chi connectivity index (χ0) is 25.8. The number of H-pyrrole nitrogens is 1. The van der Waals surface area contributed by atoms with Crippen molar-refractivity contribution in [1.29, 1.82) is 0 Å². The number of rotatable bonds is 15. The molecular weight excluding hydrogens is 472 g/mol. The van der Waals surface area contributed by atoms with Gasteiger partial charge in [-0.3, -0.25) is 24.0 Å². The summed E-state index contributed by atoms with van der Waals surface area (Å²) in [6.45, 7) is 0. The van der Waals surface area contributed by atoms with E-state index < -0.39 is 66.1 Å². The van der Waals surface area contributed by atoms with Crippen LogP contribution in [0.3, 0.4) is 0 Å². The van der Waals surface area contributed by atoms with Gasteiger partial charge >= 0.3 is 5.97 Å². The predicted molar refractivity (Wildman–Crippen MR) is 120 cm³/mol. The van der Waals surface area contributed by atoms with E-state index in [4.69, 9.17) is 17.2 Å². The van der Waals surface area contributed by atoms with Crippen LogP contribution in [0.25, 0.3) is 0 Å². The molecule has 0 aromatic carbocycles. The lowest BCUT2D eigenvalue weighted by atomic mass is 10.1. The van der Waals surface area contributed by atoms with Crippen molar-refractivity contribution in [3.63, 3.8) is 0 Å². The van der Waals surface area contributed by atoms with Crippen LogP contribution in [0.1, 0.15) is 25.0 Å². The Labute approximate surface area is 199 Å². The largest absolute Gasteiger partial charge is 0.480 e. The number of hydrogen-bond donors (Lipinski definition) is 9. The average molecular weight is 501 g/mol. The number of nitrogens with one attached hydrogen (secondary N) is 4. The Bertz CT molecular complexity index is 895. The predicted octanol–water partition coefficient (Wildman–Crippen LogP) is -4.11. The molecule has 0 spiro atoms. The van der Waals surface area contributed by atoms with Crippen LogP contribution in [0.4, 0.5) is 0 Å². The lowest BCUT2D eigenvalue weighted by molar-refractivity contribution is -0.142. The van der Waals surface area contributed by atoms with Crippen molar-refractivity contribution >= 4 is 48.1 Å². The number of imidazole rings is 1. The quantitative estimate of drug-likeness (QED) is 0.106. The van der Waals surface area contributed by atoms with Crippen LogP contribution in [-0.2, 0) is 35.2 Å². The zero-order valence-corrected chi connectivity index (χ0v) is 18.9. The minimum absolute atomic E-state index is 0.103. The van der Waals surface area contributed by atoms with Crippen molar-refractivity contribution in [3.05, 3.63) is 18.2 Å². The number of amides is 5. The Balaban J connectivity index is 2.95. The van der Waals surface area contributed by atoms with E-state index in [-0.39, 0.29) is 25.0 Å². The van der Waals surface area contributed by atoms with E-state index in [9.17, 15) is 33.9 Å². The molecule has 0 fully saturated rings. The molecule has 11 N–H and O–H groups in total. The van der Waals surface area contributed by atoms with Gasteiger partial charge < -0.3 is 43.2 Å². The number of carboxylic acid groups (broad SMARTS) is 1. The fourth-order valence-electron chi connectivity index (χ4n) is 2.70. The molecule has 188 valence electrons. The third-order valence-electron chi connectivity index (χ3n) is 4.48. The SMILES string of the molecule is NC(=O)CCC(NC(=O)C(Cc1cnc[nH]1)NC(=O)C(CS)NC(=O)C(N)CC(N)=O)C(=O)O. The van der Waals surface area contributed by atoms with Crippen molar-refractivity contribution in [1.82, 2.24) is 25.9 Å². The van der Waals surface area contributed by atoms with Crippen molar-refractivity contribution < 1.29 is 33.9 Å². The van der Waals surface area contributed by atoms with E-state index in [0.717, 1.165) is 0 Å². The molecule has 16 heteroatoms. The molecule has 1 aromatic heterocycles. The highest BCUT2D eigenvalue weighted by Gasteiger charge is 2.30. The number of nitrogens with two attached hydrogens (primary N) is 3. The maximum atomic E-state index is 12.8. The monoisotopic (exact) mass is 500 g/mol.